The lowest BCUT2D eigenvalue weighted by Gasteiger charge is -2.04. The molecule has 0 spiro atoms. The Hall–Kier alpha value is -1.35. The Labute approximate surface area is 77.0 Å². The molecule has 70 valence electrons. The Morgan fingerprint density at radius 1 is 1.46 bits per heavy atom. The maximum Gasteiger partial charge on any atom is 0.308 e. The number of aryl methyl sites for hydroxylation is 1. The summed E-state index contributed by atoms with van der Waals surface area (Å²) in [5, 5.41) is 8.88. The van der Waals surface area contributed by atoms with E-state index in [-0.39, 0.29) is 12.6 Å². The number of carbonyl (C=O) groups excluding carboxylic acids is 1. The van der Waals surface area contributed by atoms with E-state index in [0.717, 1.165) is 11.1 Å². The third kappa shape index (κ3) is 2.87. The molecular formula is C10H12O3. The second-order valence-electron chi connectivity index (χ2n) is 2.91. The number of hydrogen-bond donors (Lipinski definition) is 1. The van der Waals surface area contributed by atoms with Crippen molar-refractivity contribution in [2.75, 3.05) is 0 Å². The van der Waals surface area contributed by atoms with Gasteiger partial charge in [0, 0.05) is 6.92 Å². The molecule has 3 heteroatoms. The van der Waals surface area contributed by atoms with E-state index in [1.54, 1.807) is 12.1 Å². The molecule has 0 aliphatic heterocycles. The second-order valence-corrected chi connectivity index (χ2v) is 2.91. The van der Waals surface area contributed by atoms with Crippen LogP contribution in [-0.4, -0.2) is 11.1 Å². The SMILES string of the molecule is CC(=O)Oc1cc(C)cc(CO)c1. The summed E-state index contributed by atoms with van der Waals surface area (Å²) in [6.45, 7) is 3.18. The van der Waals surface area contributed by atoms with Gasteiger partial charge in [-0.2, -0.15) is 0 Å². The van der Waals surface area contributed by atoms with Crippen LogP contribution in [0.25, 0.3) is 0 Å². The lowest BCUT2D eigenvalue weighted by atomic mass is 10.1. The van der Waals surface area contributed by atoms with Crippen LogP contribution in [0.1, 0.15) is 18.1 Å². The van der Waals surface area contributed by atoms with Crippen LogP contribution >= 0.6 is 0 Å². The van der Waals surface area contributed by atoms with Crippen LogP contribution in [0.5, 0.6) is 5.75 Å². The summed E-state index contributed by atoms with van der Waals surface area (Å²) in [4.78, 5) is 10.6. The van der Waals surface area contributed by atoms with Gasteiger partial charge in [-0.3, -0.25) is 4.79 Å². The van der Waals surface area contributed by atoms with Crippen molar-refractivity contribution in [3.05, 3.63) is 29.3 Å². The van der Waals surface area contributed by atoms with E-state index >= 15 is 0 Å². The van der Waals surface area contributed by atoms with E-state index in [0.29, 0.717) is 5.75 Å². The summed E-state index contributed by atoms with van der Waals surface area (Å²) in [5.41, 5.74) is 1.71. The number of aliphatic hydroxyl groups is 1. The molecule has 1 rings (SSSR count). The quantitative estimate of drug-likeness (QED) is 0.553. The number of aliphatic hydroxyl groups excluding tert-OH is 1. The highest BCUT2D eigenvalue weighted by molar-refractivity contribution is 5.69. The predicted molar refractivity (Wildman–Crippen MR) is 48.4 cm³/mol. The summed E-state index contributed by atoms with van der Waals surface area (Å²) in [6, 6.07) is 5.24. The van der Waals surface area contributed by atoms with Gasteiger partial charge in [0.2, 0.25) is 0 Å². The first-order valence-corrected chi connectivity index (χ1v) is 4.01. The molecule has 1 aromatic carbocycles. The van der Waals surface area contributed by atoms with Crippen LogP contribution in [-0.2, 0) is 11.4 Å². The molecule has 0 unspecified atom stereocenters. The smallest absolute Gasteiger partial charge is 0.308 e. The molecule has 0 aromatic heterocycles. The average molecular weight is 180 g/mol. The van der Waals surface area contributed by atoms with E-state index in [1.165, 1.54) is 6.92 Å². The van der Waals surface area contributed by atoms with Gasteiger partial charge < -0.3 is 9.84 Å². The summed E-state index contributed by atoms with van der Waals surface area (Å²) >= 11 is 0. The number of carbonyl (C=O) groups is 1. The minimum Gasteiger partial charge on any atom is -0.427 e. The molecule has 0 amide bonds. The maximum absolute atomic E-state index is 10.6. The van der Waals surface area contributed by atoms with Gasteiger partial charge in [-0.25, -0.2) is 0 Å². The molecule has 0 aliphatic rings. The van der Waals surface area contributed by atoms with Gasteiger partial charge >= 0.3 is 5.97 Å². The third-order valence-corrected chi connectivity index (χ3v) is 1.55. The molecule has 0 radical (unpaired) electrons. The summed E-state index contributed by atoms with van der Waals surface area (Å²) < 4.78 is 4.89. The molecule has 0 aliphatic carbocycles. The fourth-order valence-corrected chi connectivity index (χ4v) is 1.14. The topological polar surface area (TPSA) is 46.5 Å². The van der Waals surface area contributed by atoms with Crippen molar-refractivity contribution >= 4 is 5.97 Å². The highest BCUT2D eigenvalue weighted by Crippen LogP contribution is 2.16. The van der Waals surface area contributed by atoms with Gasteiger partial charge in [0.1, 0.15) is 5.75 Å². The van der Waals surface area contributed by atoms with Gasteiger partial charge in [0.05, 0.1) is 6.61 Å². The van der Waals surface area contributed by atoms with Crippen LogP contribution in [0.15, 0.2) is 18.2 Å². The van der Waals surface area contributed by atoms with Crippen molar-refractivity contribution in [1.82, 2.24) is 0 Å². The monoisotopic (exact) mass is 180 g/mol. The zero-order valence-electron chi connectivity index (χ0n) is 7.70. The van der Waals surface area contributed by atoms with Crippen molar-refractivity contribution in [3.8, 4) is 5.75 Å². The molecule has 0 atom stereocenters. The highest BCUT2D eigenvalue weighted by Gasteiger charge is 2.00. The fraction of sp³-hybridized carbons (Fsp3) is 0.300. The maximum atomic E-state index is 10.6. The number of hydrogen-bond acceptors (Lipinski definition) is 3. The van der Waals surface area contributed by atoms with E-state index in [4.69, 9.17) is 9.84 Å². The third-order valence-electron chi connectivity index (χ3n) is 1.55. The first kappa shape index (κ1) is 9.74. The lowest BCUT2D eigenvalue weighted by Crippen LogP contribution is -2.02. The summed E-state index contributed by atoms with van der Waals surface area (Å²) in [7, 11) is 0. The van der Waals surface area contributed by atoms with Crippen LogP contribution < -0.4 is 4.74 Å². The van der Waals surface area contributed by atoms with E-state index in [9.17, 15) is 4.79 Å². The molecule has 0 heterocycles. The number of rotatable bonds is 2. The fourth-order valence-electron chi connectivity index (χ4n) is 1.14. The minimum absolute atomic E-state index is 0.0457. The highest BCUT2D eigenvalue weighted by atomic mass is 16.5. The summed E-state index contributed by atoms with van der Waals surface area (Å²) in [5.74, 6) is 0.131. The predicted octanol–water partition coefficient (Wildman–Crippen LogP) is 1.41. The standard InChI is InChI=1S/C10H12O3/c1-7-3-9(6-11)5-10(4-7)13-8(2)12/h3-5,11H,6H2,1-2H3. The molecular weight excluding hydrogens is 168 g/mol. The lowest BCUT2D eigenvalue weighted by molar-refractivity contribution is -0.131. The first-order chi connectivity index (χ1) is 6.11. The Bertz CT molecular complexity index is 318. The first-order valence-electron chi connectivity index (χ1n) is 4.01. The van der Waals surface area contributed by atoms with E-state index < -0.39 is 0 Å². The normalized spacial score (nSPS) is 9.77. The molecule has 1 N–H and O–H groups in total. The zero-order valence-corrected chi connectivity index (χ0v) is 7.70. The Balaban J connectivity index is 2.94. The average Bonchev–Trinajstić information content (AvgIpc) is 2.01. The van der Waals surface area contributed by atoms with Crippen LogP contribution in [0.4, 0.5) is 0 Å². The number of ether oxygens (including phenoxy) is 1. The second kappa shape index (κ2) is 4.05. The molecule has 0 saturated heterocycles. The minimum atomic E-state index is -0.352. The van der Waals surface area contributed by atoms with Gasteiger partial charge in [0.25, 0.3) is 0 Å². The van der Waals surface area contributed by atoms with Crippen molar-refractivity contribution < 1.29 is 14.6 Å². The van der Waals surface area contributed by atoms with Crippen LogP contribution in [0, 0.1) is 6.92 Å². The van der Waals surface area contributed by atoms with E-state index in [2.05, 4.69) is 0 Å². The van der Waals surface area contributed by atoms with Gasteiger partial charge in [0.15, 0.2) is 0 Å². The van der Waals surface area contributed by atoms with Crippen molar-refractivity contribution in [2.45, 2.75) is 20.5 Å². The Morgan fingerprint density at radius 3 is 2.69 bits per heavy atom. The number of benzene rings is 1. The number of esters is 1. The Kier molecular flexibility index (Phi) is 3.03. The molecule has 0 bridgehead atoms. The molecule has 3 nitrogen and oxygen atoms in total. The van der Waals surface area contributed by atoms with Crippen molar-refractivity contribution in [2.24, 2.45) is 0 Å². The van der Waals surface area contributed by atoms with Crippen LogP contribution in [0.2, 0.25) is 0 Å². The molecule has 0 saturated carbocycles. The zero-order chi connectivity index (χ0) is 9.84. The van der Waals surface area contributed by atoms with Gasteiger partial charge in [-0.05, 0) is 30.2 Å². The van der Waals surface area contributed by atoms with Gasteiger partial charge in [-0.1, -0.05) is 6.07 Å². The molecule has 13 heavy (non-hydrogen) atoms. The van der Waals surface area contributed by atoms with Crippen molar-refractivity contribution in [3.63, 3.8) is 0 Å². The van der Waals surface area contributed by atoms with Crippen molar-refractivity contribution in [1.29, 1.82) is 0 Å². The van der Waals surface area contributed by atoms with Crippen LogP contribution in [0.3, 0.4) is 0 Å². The summed E-state index contributed by atoms with van der Waals surface area (Å²) in [6.07, 6.45) is 0. The van der Waals surface area contributed by atoms with Gasteiger partial charge in [-0.15, -0.1) is 0 Å². The molecule has 1 aromatic rings. The largest absolute Gasteiger partial charge is 0.427 e. The van der Waals surface area contributed by atoms with E-state index in [1.807, 2.05) is 13.0 Å². The Morgan fingerprint density at radius 2 is 2.15 bits per heavy atom. The molecule has 0 fully saturated rings.